The zero-order valence-electron chi connectivity index (χ0n) is 15.6. The second-order valence-electron chi connectivity index (χ2n) is 6.26. The minimum atomic E-state index is 0.0395. The number of halogens is 1. The Morgan fingerprint density at radius 2 is 1.92 bits per heavy atom. The van der Waals surface area contributed by atoms with Gasteiger partial charge in [0.2, 0.25) is 5.91 Å². The standard InChI is InChI=1S/C20H25BrN2O2S/c1-14-11-16(21)7-10-19(14)26-13-20(24)22-12-18(23(2)3)15-5-8-17(25-4)9-6-15/h5-11,18H,12-13H2,1-4H3,(H,22,24)/t18-/m1/s1. The summed E-state index contributed by atoms with van der Waals surface area (Å²) >= 11 is 5.02. The van der Waals surface area contributed by atoms with Gasteiger partial charge < -0.3 is 15.0 Å². The minimum absolute atomic E-state index is 0.0395. The summed E-state index contributed by atoms with van der Waals surface area (Å²) in [7, 11) is 5.69. The lowest BCUT2D eigenvalue weighted by Gasteiger charge is -2.25. The smallest absolute Gasteiger partial charge is 0.230 e. The van der Waals surface area contributed by atoms with E-state index in [4.69, 9.17) is 4.74 Å². The first-order valence-corrected chi connectivity index (χ1v) is 10.1. The lowest BCUT2D eigenvalue weighted by atomic mass is 10.1. The van der Waals surface area contributed by atoms with Crippen molar-refractivity contribution in [3.63, 3.8) is 0 Å². The Balaban J connectivity index is 1.90. The van der Waals surface area contributed by atoms with Crippen molar-refractivity contribution in [3.05, 3.63) is 58.1 Å². The van der Waals surface area contributed by atoms with Crippen LogP contribution < -0.4 is 10.1 Å². The molecule has 6 heteroatoms. The van der Waals surface area contributed by atoms with Gasteiger partial charge in [0.25, 0.3) is 0 Å². The molecule has 0 aliphatic carbocycles. The molecular formula is C20H25BrN2O2S. The van der Waals surface area contributed by atoms with Gasteiger partial charge in [-0.05, 0) is 62.5 Å². The SMILES string of the molecule is COc1ccc([C@@H](CNC(=O)CSc2ccc(Br)cc2C)N(C)C)cc1. The quantitative estimate of drug-likeness (QED) is 0.627. The number of likely N-dealkylation sites (N-methyl/N-ethyl adjacent to an activating group) is 1. The van der Waals surface area contributed by atoms with Gasteiger partial charge in [0.1, 0.15) is 5.75 Å². The number of aryl methyl sites for hydroxylation is 1. The number of carbonyl (C=O) groups excluding carboxylic acids is 1. The number of amides is 1. The van der Waals surface area contributed by atoms with Crippen molar-refractivity contribution < 1.29 is 9.53 Å². The maximum atomic E-state index is 12.3. The van der Waals surface area contributed by atoms with Crippen LogP contribution in [0.25, 0.3) is 0 Å². The van der Waals surface area contributed by atoms with Crippen molar-refractivity contribution in [3.8, 4) is 5.75 Å². The summed E-state index contributed by atoms with van der Waals surface area (Å²) in [5.74, 6) is 1.28. The summed E-state index contributed by atoms with van der Waals surface area (Å²) in [6, 6.07) is 14.2. The minimum Gasteiger partial charge on any atom is -0.497 e. The van der Waals surface area contributed by atoms with E-state index in [-0.39, 0.29) is 11.9 Å². The number of hydrogen-bond donors (Lipinski definition) is 1. The molecule has 2 rings (SSSR count). The fourth-order valence-electron chi connectivity index (χ4n) is 2.60. The highest BCUT2D eigenvalue weighted by Gasteiger charge is 2.15. The van der Waals surface area contributed by atoms with Crippen LogP contribution in [0.15, 0.2) is 51.8 Å². The highest BCUT2D eigenvalue weighted by molar-refractivity contribution is 9.10. The Labute approximate surface area is 168 Å². The molecule has 140 valence electrons. The number of carbonyl (C=O) groups is 1. The van der Waals surface area contributed by atoms with Crippen molar-refractivity contribution in [2.24, 2.45) is 0 Å². The average Bonchev–Trinajstić information content (AvgIpc) is 2.61. The molecule has 0 fully saturated rings. The number of thioether (sulfide) groups is 1. The Morgan fingerprint density at radius 1 is 1.23 bits per heavy atom. The molecule has 2 aromatic carbocycles. The topological polar surface area (TPSA) is 41.6 Å². The number of ether oxygens (including phenoxy) is 1. The summed E-state index contributed by atoms with van der Waals surface area (Å²) in [5.41, 5.74) is 2.31. The first kappa shape index (κ1) is 20.8. The zero-order valence-corrected chi connectivity index (χ0v) is 18.0. The van der Waals surface area contributed by atoms with Crippen LogP contribution in [0.3, 0.4) is 0 Å². The third kappa shape index (κ3) is 6.04. The lowest BCUT2D eigenvalue weighted by molar-refractivity contribution is -0.118. The van der Waals surface area contributed by atoms with E-state index in [9.17, 15) is 4.79 Å². The predicted octanol–water partition coefficient (Wildman–Crippen LogP) is 4.28. The highest BCUT2D eigenvalue weighted by atomic mass is 79.9. The number of methoxy groups -OCH3 is 1. The molecule has 2 aromatic rings. The number of rotatable bonds is 8. The van der Waals surface area contributed by atoms with Gasteiger partial charge >= 0.3 is 0 Å². The van der Waals surface area contributed by atoms with Crippen LogP contribution in [0.5, 0.6) is 5.75 Å². The fraction of sp³-hybridized carbons (Fsp3) is 0.350. The predicted molar refractivity (Wildman–Crippen MR) is 112 cm³/mol. The van der Waals surface area contributed by atoms with E-state index in [2.05, 4.69) is 39.1 Å². The van der Waals surface area contributed by atoms with Gasteiger partial charge in [-0.25, -0.2) is 0 Å². The Bertz CT molecular complexity index is 735. The van der Waals surface area contributed by atoms with E-state index >= 15 is 0 Å². The van der Waals surface area contributed by atoms with E-state index in [0.717, 1.165) is 20.7 Å². The molecule has 0 unspecified atom stereocenters. The molecule has 26 heavy (non-hydrogen) atoms. The van der Waals surface area contributed by atoms with Crippen LogP contribution in [0.1, 0.15) is 17.2 Å². The van der Waals surface area contributed by atoms with E-state index in [1.165, 1.54) is 5.56 Å². The van der Waals surface area contributed by atoms with Crippen LogP contribution in [0.4, 0.5) is 0 Å². The van der Waals surface area contributed by atoms with Gasteiger partial charge in [-0.15, -0.1) is 11.8 Å². The summed E-state index contributed by atoms with van der Waals surface area (Å²) in [6.45, 7) is 2.62. The van der Waals surface area contributed by atoms with Gasteiger partial charge in [0, 0.05) is 15.9 Å². The summed E-state index contributed by atoms with van der Waals surface area (Å²) in [4.78, 5) is 15.5. The summed E-state index contributed by atoms with van der Waals surface area (Å²) in [5, 5.41) is 3.05. The van der Waals surface area contributed by atoms with Gasteiger partial charge in [0.05, 0.1) is 18.9 Å². The third-order valence-corrected chi connectivity index (χ3v) is 5.78. The third-order valence-electron chi connectivity index (χ3n) is 4.11. The van der Waals surface area contributed by atoms with Crippen molar-refractivity contribution in [2.75, 3.05) is 33.5 Å². The van der Waals surface area contributed by atoms with E-state index < -0.39 is 0 Å². The largest absolute Gasteiger partial charge is 0.497 e. The first-order chi connectivity index (χ1) is 12.4. The van der Waals surface area contributed by atoms with Crippen LogP contribution in [-0.2, 0) is 4.79 Å². The van der Waals surface area contributed by atoms with Crippen molar-refractivity contribution in [1.82, 2.24) is 10.2 Å². The number of nitrogens with one attached hydrogen (secondary N) is 1. The van der Waals surface area contributed by atoms with Gasteiger partial charge in [-0.3, -0.25) is 4.79 Å². The molecule has 4 nitrogen and oxygen atoms in total. The average molecular weight is 437 g/mol. The highest BCUT2D eigenvalue weighted by Crippen LogP contribution is 2.25. The molecule has 1 amide bonds. The molecule has 0 bridgehead atoms. The molecule has 0 aromatic heterocycles. The van der Waals surface area contributed by atoms with Crippen molar-refractivity contribution in [2.45, 2.75) is 17.9 Å². The molecule has 0 aliphatic heterocycles. The second kappa shape index (κ2) is 10.00. The number of hydrogen-bond acceptors (Lipinski definition) is 4. The first-order valence-electron chi connectivity index (χ1n) is 8.36. The molecule has 1 N–H and O–H groups in total. The monoisotopic (exact) mass is 436 g/mol. The summed E-state index contributed by atoms with van der Waals surface area (Å²) < 4.78 is 6.26. The molecule has 1 atom stereocenters. The molecule has 0 spiro atoms. The second-order valence-corrected chi connectivity index (χ2v) is 8.19. The fourth-order valence-corrected chi connectivity index (χ4v) is 3.92. The maximum Gasteiger partial charge on any atom is 0.230 e. The summed E-state index contributed by atoms with van der Waals surface area (Å²) in [6.07, 6.45) is 0. The molecule has 0 saturated carbocycles. The Morgan fingerprint density at radius 3 is 2.50 bits per heavy atom. The molecule has 0 saturated heterocycles. The Hall–Kier alpha value is -1.50. The van der Waals surface area contributed by atoms with Gasteiger partial charge in [0.15, 0.2) is 0 Å². The van der Waals surface area contributed by atoms with E-state index in [1.807, 2.05) is 50.5 Å². The van der Waals surface area contributed by atoms with Crippen LogP contribution in [-0.4, -0.2) is 44.3 Å². The Kier molecular flexibility index (Phi) is 8.00. The molecule has 0 radical (unpaired) electrons. The lowest BCUT2D eigenvalue weighted by Crippen LogP contribution is -2.35. The molecule has 0 aliphatic rings. The maximum absolute atomic E-state index is 12.3. The molecular weight excluding hydrogens is 412 g/mol. The zero-order chi connectivity index (χ0) is 19.1. The van der Waals surface area contributed by atoms with Crippen LogP contribution in [0.2, 0.25) is 0 Å². The van der Waals surface area contributed by atoms with Crippen LogP contribution in [0, 0.1) is 6.92 Å². The van der Waals surface area contributed by atoms with E-state index in [1.54, 1.807) is 18.9 Å². The van der Waals surface area contributed by atoms with E-state index in [0.29, 0.717) is 12.3 Å². The molecule has 0 heterocycles. The normalized spacial score (nSPS) is 12.1. The van der Waals surface area contributed by atoms with Gasteiger partial charge in [-0.1, -0.05) is 28.1 Å². The van der Waals surface area contributed by atoms with Crippen LogP contribution >= 0.6 is 27.7 Å². The van der Waals surface area contributed by atoms with Crippen molar-refractivity contribution in [1.29, 1.82) is 0 Å². The number of benzene rings is 2. The number of nitrogens with zero attached hydrogens (tertiary/aromatic N) is 1. The van der Waals surface area contributed by atoms with Gasteiger partial charge in [-0.2, -0.15) is 0 Å². The van der Waals surface area contributed by atoms with Crippen molar-refractivity contribution >= 4 is 33.6 Å².